The van der Waals surface area contributed by atoms with E-state index in [0.717, 1.165) is 17.0 Å². The summed E-state index contributed by atoms with van der Waals surface area (Å²) in [6, 6.07) is 4.68. The standard InChI is InChI=1S/C16H21ClN4O2/c1-9(14-10(2)20-21(4)11(14)3)18-16(22)19-13-8-6-7-12(17)15(13)23-5/h6-9H,1-5H3,(H2,18,19,22). The predicted octanol–water partition coefficient (Wildman–Crippen LogP) is 3.58. The van der Waals surface area contributed by atoms with Crippen molar-refractivity contribution in [3.8, 4) is 5.75 Å². The molecular weight excluding hydrogens is 316 g/mol. The van der Waals surface area contributed by atoms with E-state index < -0.39 is 0 Å². The minimum absolute atomic E-state index is 0.172. The highest BCUT2D eigenvalue weighted by molar-refractivity contribution is 6.32. The number of para-hydroxylation sites is 1. The van der Waals surface area contributed by atoms with Gasteiger partial charge in [0.05, 0.1) is 29.6 Å². The first-order valence-corrected chi connectivity index (χ1v) is 7.63. The largest absolute Gasteiger partial charge is 0.493 e. The quantitative estimate of drug-likeness (QED) is 0.896. The van der Waals surface area contributed by atoms with Crippen molar-refractivity contribution in [1.29, 1.82) is 0 Å². The molecule has 0 fully saturated rings. The van der Waals surface area contributed by atoms with Gasteiger partial charge in [-0.15, -0.1) is 0 Å². The second-order valence-electron chi connectivity index (χ2n) is 5.35. The molecule has 2 rings (SSSR count). The van der Waals surface area contributed by atoms with Crippen LogP contribution in [0.2, 0.25) is 5.02 Å². The number of urea groups is 1. The summed E-state index contributed by atoms with van der Waals surface area (Å²) in [7, 11) is 3.39. The number of aromatic nitrogens is 2. The van der Waals surface area contributed by atoms with Crippen LogP contribution in [-0.4, -0.2) is 22.9 Å². The number of carbonyl (C=O) groups is 1. The Labute approximate surface area is 140 Å². The number of ether oxygens (including phenoxy) is 1. The number of carbonyl (C=O) groups excluding carboxylic acids is 1. The monoisotopic (exact) mass is 336 g/mol. The topological polar surface area (TPSA) is 68.2 Å². The van der Waals surface area contributed by atoms with Crippen LogP contribution >= 0.6 is 11.6 Å². The molecule has 2 aromatic rings. The van der Waals surface area contributed by atoms with Gasteiger partial charge in [-0.25, -0.2) is 4.79 Å². The van der Waals surface area contributed by atoms with E-state index in [4.69, 9.17) is 16.3 Å². The molecule has 23 heavy (non-hydrogen) atoms. The Kier molecular flexibility index (Phi) is 5.15. The van der Waals surface area contributed by atoms with E-state index in [1.807, 2.05) is 27.8 Å². The van der Waals surface area contributed by atoms with Crippen LogP contribution < -0.4 is 15.4 Å². The lowest BCUT2D eigenvalue weighted by atomic mass is 10.1. The lowest BCUT2D eigenvalue weighted by Gasteiger charge is -2.17. The van der Waals surface area contributed by atoms with Crippen LogP contribution in [0.25, 0.3) is 0 Å². The van der Waals surface area contributed by atoms with Crippen LogP contribution in [0.4, 0.5) is 10.5 Å². The van der Waals surface area contributed by atoms with Gasteiger partial charge in [0, 0.05) is 18.3 Å². The average molecular weight is 337 g/mol. The molecule has 124 valence electrons. The van der Waals surface area contributed by atoms with E-state index in [-0.39, 0.29) is 12.1 Å². The number of benzene rings is 1. The molecule has 7 heteroatoms. The van der Waals surface area contributed by atoms with Gasteiger partial charge in [0.2, 0.25) is 0 Å². The SMILES string of the molecule is COc1c(Cl)cccc1NC(=O)NC(C)c1c(C)nn(C)c1C. The van der Waals surface area contributed by atoms with Crippen LogP contribution in [0.3, 0.4) is 0 Å². The fraction of sp³-hybridized carbons (Fsp3) is 0.375. The number of halogens is 1. The molecule has 2 amide bonds. The molecule has 0 aliphatic rings. The van der Waals surface area contributed by atoms with Gasteiger partial charge in [0.1, 0.15) is 0 Å². The Hall–Kier alpha value is -2.21. The van der Waals surface area contributed by atoms with Gasteiger partial charge in [0.15, 0.2) is 5.75 Å². The molecule has 6 nitrogen and oxygen atoms in total. The molecule has 1 heterocycles. The zero-order chi connectivity index (χ0) is 17.1. The van der Waals surface area contributed by atoms with Crippen molar-refractivity contribution < 1.29 is 9.53 Å². The zero-order valence-electron chi connectivity index (χ0n) is 13.9. The molecule has 0 saturated carbocycles. The van der Waals surface area contributed by atoms with Gasteiger partial charge < -0.3 is 15.4 Å². The Morgan fingerprint density at radius 2 is 2.09 bits per heavy atom. The molecule has 1 aromatic heterocycles. The van der Waals surface area contributed by atoms with Crippen LogP contribution in [0, 0.1) is 13.8 Å². The molecule has 2 N–H and O–H groups in total. The third kappa shape index (κ3) is 3.59. The van der Waals surface area contributed by atoms with E-state index in [0.29, 0.717) is 16.5 Å². The number of nitrogens with one attached hydrogen (secondary N) is 2. The highest BCUT2D eigenvalue weighted by Crippen LogP contribution is 2.32. The van der Waals surface area contributed by atoms with E-state index >= 15 is 0 Å². The second-order valence-corrected chi connectivity index (χ2v) is 5.76. The van der Waals surface area contributed by atoms with Crippen LogP contribution in [0.15, 0.2) is 18.2 Å². The van der Waals surface area contributed by atoms with Crippen molar-refractivity contribution in [1.82, 2.24) is 15.1 Å². The number of anilines is 1. The smallest absolute Gasteiger partial charge is 0.319 e. The van der Waals surface area contributed by atoms with Gasteiger partial charge >= 0.3 is 6.03 Å². The Balaban J connectivity index is 2.12. The van der Waals surface area contributed by atoms with Crippen LogP contribution in [0.5, 0.6) is 5.75 Å². The van der Waals surface area contributed by atoms with Gasteiger partial charge in [0.25, 0.3) is 0 Å². The summed E-state index contributed by atoms with van der Waals surface area (Å²) < 4.78 is 7.03. The summed E-state index contributed by atoms with van der Waals surface area (Å²) in [4.78, 5) is 12.3. The highest BCUT2D eigenvalue weighted by Gasteiger charge is 2.19. The van der Waals surface area contributed by atoms with Crippen molar-refractivity contribution in [2.45, 2.75) is 26.8 Å². The zero-order valence-corrected chi connectivity index (χ0v) is 14.7. The maximum Gasteiger partial charge on any atom is 0.319 e. The summed E-state index contributed by atoms with van der Waals surface area (Å²) in [5.41, 5.74) is 3.46. The maximum atomic E-state index is 12.3. The van der Waals surface area contributed by atoms with Gasteiger partial charge in [-0.3, -0.25) is 4.68 Å². The van der Waals surface area contributed by atoms with Crippen molar-refractivity contribution in [3.05, 3.63) is 40.2 Å². The molecule has 0 spiro atoms. The molecular formula is C16H21ClN4O2. The van der Waals surface area contributed by atoms with E-state index in [1.54, 1.807) is 22.9 Å². The number of amides is 2. The minimum Gasteiger partial charge on any atom is -0.493 e. The first kappa shape index (κ1) is 17.1. The van der Waals surface area contributed by atoms with E-state index in [2.05, 4.69) is 15.7 Å². The van der Waals surface area contributed by atoms with Crippen LogP contribution in [0.1, 0.15) is 29.9 Å². The lowest BCUT2D eigenvalue weighted by molar-refractivity contribution is 0.249. The third-order valence-electron chi connectivity index (χ3n) is 3.76. The van der Waals surface area contributed by atoms with Crippen LogP contribution in [-0.2, 0) is 7.05 Å². The third-order valence-corrected chi connectivity index (χ3v) is 4.06. The van der Waals surface area contributed by atoms with Gasteiger partial charge in [-0.2, -0.15) is 5.10 Å². The molecule has 0 aliphatic carbocycles. The van der Waals surface area contributed by atoms with E-state index in [9.17, 15) is 4.79 Å². The number of aryl methyl sites for hydroxylation is 2. The second kappa shape index (κ2) is 6.91. The molecule has 1 unspecified atom stereocenters. The van der Waals surface area contributed by atoms with Crippen molar-refractivity contribution in [3.63, 3.8) is 0 Å². The molecule has 1 aromatic carbocycles. The summed E-state index contributed by atoms with van der Waals surface area (Å²) in [5.74, 6) is 0.436. The van der Waals surface area contributed by atoms with Crippen molar-refractivity contribution >= 4 is 23.3 Å². The average Bonchev–Trinajstić information content (AvgIpc) is 2.72. The fourth-order valence-electron chi connectivity index (χ4n) is 2.66. The Bertz CT molecular complexity index is 727. The molecule has 0 bridgehead atoms. The molecule has 1 atom stereocenters. The van der Waals surface area contributed by atoms with Gasteiger partial charge in [-0.05, 0) is 32.9 Å². The minimum atomic E-state index is -0.333. The Morgan fingerprint density at radius 3 is 2.65 bits per heavy atom. The Morgan fingerprint density at radius 1 is 1.39 bits per heavy atom. The summed E-state index contributed by atoms with van der Waals surface area (Å²) in [6.45, 7) is 5.83. The first-order chi connectivity index (χ1) is 10.8. The number of hydrogen-bond acceptors (Lipinski definition) is 3. The van der Waals surface area contributed by atoms with Gasteiger partial charge in [-0.1, -0.05) is 17.7 Å². The number of hydrogen-bond donors (Lipinski definition) is 2. The van der Waals surface area contributed by atoms with E-state index in [1.165, 1.54) is 7.11 Å². The normalized spacial score (nSPS) is 11.9. The van der Waals surface area contributed by atoms with Crippen molar-refractivity contribution in [2.75, 3.05) is 12.4 Å². The maximum absolute atomic E-state index is 12.3. The first-order valence-electron chi connectivity index (χ1n) is 7.25. The summed E-state index contributed by atoms with van der Waals surface area (Å²) in [6.07, 6.45) is 0. The fourth-order valence-corrected chi connectivity index (χ4v) is 2.91. The summed E-state index contributed by atoms with van der Waals surface area (Å²) in [5, 5.41) is 10.5. The number of rotatable bonds is 4. The number of nitrogens with zero attached hydrogens (tertiary/aromatic N) is 2. The molecule has 0 saturated heterocycles. The highest BCUT2D eigenvalue weighted by atomic mass is 35.5. The predicted molar refractivity (Wildman–Crippen MR) is 91.3 cm³/mol. The summed E-state index contributed by atoms with van der Waals surface area (Å²) >= 11 is 6.05. The molecule has 0 aliphatic heterocycles. The number of methoxy groups -OCH3 is 1. The van der Waals surface area contributed by atoms with Crippen molar-refractivity contribution in [2.24, 2.45) is 7.05 Å². The lowest BCUT2D eigenvalue weighted by Crippen LogP contribution is -2.31. The molecule has 0 radical (unpaired) electrons.